The maximum atomic E-state index is 12.1. The van der Waals surface area contributed by atoms with E-state index in [1.165, 1.54) is 4.90 Å². The second-order valence-electron chi connectivity index (χ2n) is 4.33. The molecule has 19 heavy (non-hydrogen) atoms. The molecule has 2 rings (SSSR count). The highest BCUT2D eigenvalue weighted by molar-refractivity contribution is 7.99. The number of carboxylic acid groups (broad SMARTS) is 1. The molecular formula is C11H16N4O3S. The number of aliphatic carboxylic acids is 1. The molecule has 8 heteroatoms. The van der Waals surface area contributed by atoms with Gasteiger partial charge in [-0.25, -0.2) is 9.59 Å². The van der Waals surface area contributed by atoms with Crippen LogP contribution in [0, 0.1) is 0 Å². The number of aromatic amines is 1. The first-order valence-electron chi connectivity index (χ1n) is 5.96. The number of nitrogens with one attached hydrogen (secondary N) is 2. The maximum Gasteiger partial charge on any atom is 0.327 e. The third-order valence-corrected chi connectivity index (χ3v) is 4.06. The van der Waals surface area contributed by atoms with Crippen LogP contribution in [0.2, 0.25) is 0 Å². The van der Waals surface area contributed by atoms with Crippen LogP contribution < -0.4 is 5.32 Å². The quantitative estimate of drug-likeness (QED) is 0.758. The lowest BCUT2D eigenvalue weighted by Crippen LogP contribution is -2.54. The van der Waals surface area contributed by atoms with Crippen LogP contribution in [-0.2, 0) is 4.79 Å². The van der Waals surface area contributed by atoms with E-state index in [0.29, 0.717) is 12.3 Å². The van der Waals surface area contributed by atoms with Gasteiger partial charge < -0.3 is 15.3 Å². The highest BCUT2D eigenvalue weighted by Gasteiger charge is 2.32. The lowest BCUT2D eigenvalue weighted by molar-refractivity contribution is -0.141. The zero-order chi connectivity index (χ0) is 13.8. The summed E-state index contributed by atoms with van der Waals surface area (Å²) in [5, 5.41) is 18.4. The fraction of sp³-hybridized carbons (Fsp3) is 0.545. The number of H-pyrrole nitrogens is 1. The summed E-state index contributed by atoms with van der Waals surface area (Å²) in [6.45, 7) is 2.28. The molecule has 2 heterocycles. The van der Waals surface area contributed by atoms with Crippen molar-refractivity contribution in [3.8, 4) is 0 Å². The van der Waals surface area contributed by atoms with E-state index >= 15 is 0 Å². The Labute approximate surface area is 114 Å². The fourth-order valence-corrected chi connectivity index (χ4v) is 2.94. The van der Waals surface area contributed by atoms with Gasteiger partial charge in [0.05, 0.1) is 12.2 Å². The zero-order valence-electron chi connectivity index (χ0n) is 10.5. The van der Waals surface area contributed by atoms with Crippen LogP contribution >= 0.6 is 11.8 Å². The van der Waals surface area contributed by atoms with Gasteiger partial charge in [-0.1, -0.05) is 0 Å². The van der Waals surface area contributed by atoms with Gasteiger partial charge in [0, 0.05) is 29.8 Å². The number of urea groups is 1. The number of hydrogen-bond donors (Lipinski definition) is 3. The molecule has 2 atom stereocenters. The number of nitrogens with zero attached hydrogens (tertiary/aromatic N) is 2. The van der Waals surface area contributed by atoms with E-state index in [1.807, 2.05) is 6.92 Å². The molecule has 7 nitrogen and oxygen atoms in total. The Bertz CT molecular complexity index is 451. The Morgan fingerprint density at radius 3 is 3.11 bits per heavy atom. The van der Waals surface area contributed by atoms with E-state index in [-0.39, 0.29) is 12.1 Å². The summed E-state index contributed by atoms with van der Waals surface area (Å²) in [5.74, 6) is 0.235. The Hall–Kier alpha value is -1.70. The molecule has 1 aromatic rings. The minimum atomic E-state index is -0.960. The molecule has 1 aromatic heterocycles. The third-order valence-electron chi connectivity index (χ3n) is 3.03. The number of rotatable bonds is 3. The molecule has 0 spiro atoms. The summed E-state index contributed by atoms with van der Waals surface area (Å²) in [6.07, 6.45) is 3.33. The van der Waals surface area contributed by atoms with Crippen molar-refractivity contribution in [2.75, 3.05) is 18.1 Å². The first kappa shape index (κ1) is 13.7. The van der Waals surface area contributed by atoms with Gasteiger partial charge in [-0.15, -0.1) is 0 Å². The minimum Gasteiger partial charge on any atom is -0.480 e. The maximum absolute atomic E-state index is 12.1. The van der Waals surface area contributed by atoms with Gasteiger partial charge in [-0.05, 0) is 6.92 Å². The number of amides is 2. The predicted octanol–water partition coefficient (Wildman–Crippen LogP) is 0.682. The molecule has 0 aromatic carbocycles. The van der Waals surface area contributed by atoms with Crippen LogP contribution in [0.25, 0.3) is 0 Å². The van der Waals surface area contributed by atoms with Crippen molar-refractivity contribution < 1.29 is 14.7 Å². The fourth-order valence-electron chi connectivity index (χ4n) is 1.90. The molecule has 0 radical (unpaired) electrons. The summed E-state index contributed by atoms with van der Waals surface area (Å²) in [5.41, 5.74) is 0.853. The first-order valence-corrected chi connectivity index (χ1v) is 7.11. The van der Waals surface area contributed by atoms with Crippen molar-refractivity contribution in [2.24, 2.45) is 0 Å². The van der Waals surface area contributed by atoms with E-state index < -0.39 is 12.0 Å². The monoisotopic (exact) mass is 284 g/mol. The van der Waals surface area contributed by atoms with Crippen LogP contribution in [0.15, 0.2) is 12.4 Å². The summed E-state index contributed by atoms with van der Waals surface area (Å²) in [4.78, 5) is 24.6. The van der Waals surface area contributed by atoms with Gasteiger partial charge in [0.15, 0.2) is 0 Å². The first-order chi connectivity index (χ1) is 9.09. The second-order valence-corrected chi connectivity index (χ2v) is 5.47. The molecule has 1 fully saturated rings. The Balaban J connectivity index is 2.00. The van der Waals surface area contributed by atoms with E-state index in [4.69, 9.17) is 5.11 Å². The predicted molar refractivity (Wildman–Crippen MR) is 71.0 cm³/mol. The number of carbonyl (C=O) groups is 2. The highest BCUT2D eigenvalue weighted by atomic mass is 32.2. The summed E-state index contributed by atoms with van der Waals surface area (Å²) in [6, 6.07) is -1.31. The normalized spacial score (nSPS) is 20.9. The highest BCUT2D eigenvalue weighted by Crippen LogP contribution is 2.18. The standard InChI is InChI=1S/C11H16N4O3S/c1-7(8-4-12-13-5-8)14-11(18)15-2-3-19-6-9(15)10(16)17/h4-5,7,9H,2-3,6H2,1H3,(H,12,13)(H,14,18)(H,16,17). The Morgan fingerprint density at radius 1 is 1.68 bits per heavy atom. The zero-order valence-corrected chi connectivity index (χ0v) is 11.3. The molecule has 1 saturated heterocycles. The molecule has 1 aliphatic rings. The molecule has 0 aliphatic carbocycles. The van der Waals surface area contributed by atoms with E-state index in [2.05, 4.69) is 15.5 Å². The van der Waals surface area contributed by atoms with Gasteiger partial charge in [-0.2, -0.15) is 16.9 Å². The van der Waals surface area contributed by atoms with Crippen molar-refractivity contribution >= 4 is 23.8 Å². The van der Waals surface area contributed by atoms with Crippen molar-refractivity contribution in [3.63, 3.8) is 0 Å². The van der Waals surface area contributed by atoms with Crippen LogP contribution in [0.3, 0.4) is 0 Å². The van der Waals surface area contributed by atoms with Crippen molar-refractivity contribution in [1.29, 1.82) is 0 Å². The lowest BCUT2D eigenvalue weighted by Gasteiger charge is -2.33. The van der Waals surface area contributed by atoms with Crippen molar-refractivity contribution in [2.45, 2.75) is 19.0 Å². The summed E-state index contributed by atoms with van der Waals surface area (Å²) < 4.78 is 0. The molecule has 104 valence electrons. The number of hydrogen-bond acceptors (Lipinski definition) is 4. The van der Waals surface area contributed by atoms with Gasteiger partial charge >= 0.3 is 12.0 Å². The van der Waals surface area contributed by atoms with Gasteiger partial charge in [-0.3, -0.25) is 5.10 Å². The molecular weight excluding hydrogens is 268 g/mol. The summed E-state index contributed by atoms with van der Waals surface area (Å²) >= 11 is 1.55. The molecule has 0 bridgehead atoms. The molecule has 2 unspecified atom stereocenters. The van der Waals surface area contributed by atoms with Crippen molar-refractivity contribution in [1.82, 2.24) is 20.4 Å². The lowest BCUT2D eigenvalue weighted by atomic mass is 10.2. The van der Waals surface area contributed by atoms with Crippen LogP contribution in [0.5, 0.6) is 0 Å². The minimum absolute atomic E-state index is 0.213. The van der Waals surface area contributed by atoms with E-state index in [9.17, 15) is 9.59 Å². The third kappa shape index (κ3) is 3.19. The van der Waals surface area contributed by atoms with Gasteiger partial charge in [0.2, 0.25) is 0 Å². The molecule has 3 N–H and O–H groups in total. The number of thioether (sulfide) groups is 1. The van der Waals surface area contributed by atoms with E-state index in [0.717, 1.165) is 11.3 Å². The average Bonchev–Trinajstić information content (AvgIpc) is 2.92. The smallest absolute Gasteiger partial charge is 0.327 e. The number of carboxylic acids is 1. The Morgan fingerprint density at radius 2 is 2.47 bits per heavy atom. The number of carbonyl (C=O) groups excluding carboxylic acids is 1. The summed E-state index contributed by atoms with van der Waals surface area (Å²) in [7, 11) is 0. The van der Waals surface area contributed by atoms with Gasteiger partial charge in [0.25, 0.3) is 0 Å². The Kier molecular flexibility index (Phi) is 4.31. The van der Waals surface area contributed by atoms with Crippen molar-refractivity contribution in [3.05, 3.63) is 18.0 Å². The van der Waals surface area contributed by atoms with Crippen LogP contribution in [0.1, 0.15) is 18.5 Å². The van der Waals surface area contributed by atoms with Crippen LogP contribution in [-0.4, -0.2) is 56.3 Å². The second kappa shape index (κ2) is 5.96. The van der Waals surface area contributed by atoms with Crippen LogP contribution in [0.4, 0.5) is 4.79 Å². The number of aromatic nitrogens is 2. The van der Waals surface area contributed by atoms with Gasteiger partial charge in [0.1, 0.15) is 6.04 Å². The average molecular weight is 284 g/mol. The van der Waals surface area contributed by atoms with E-state index in [1.54, 1.807) is 24.2 Å². The SMILES string of the molecule is CC(NC(=O)N1CCSCC1C(=O)O)c1cn[nH]c1. The molecule has 1 aliphatic heterocycles. The molecule has 2 amide bonds. The topological polar surface area (TPSA) is 98.3 Å². The molecule has 0 saturated carbocycles. The largest absolute Gasteiger partial charge is 0.480 e.